The monoisotopic (exact) mass is 379 g/mol. The molecule has 0 aliphatic rings. The Morgan fingerprint density at radius 3 is 2.31 bits per heavy atom. The van der Waals surface area contributed by atoms with Gasteiger partial charge in [0.25, 0.3) is 0 Å². The Bertz CT molecular complexity index is 837. The summed E-state index contributed by atoms with van der Waals surface area (Å²) in [5, 5.41) is 10.9. The standard InChI is InChI=1S/C18H22FN3O3S/c1-13(15-4-6-16(19)7-5-15)22-12-18(23)21-11-10-14-2-8-17(9-3-14)26(20,24)25/h2-9,13,22H,10-12H2,1H3,(H,21,23)(H2,20,24,25)/t13-/m0/s1. The van der Waals surface area contributed by atoms with E-state index in [1.165, 1.54) is 24.3 Å². The summed E-state index contributed by atoms with van der Waals surface area (Å²) in [5.41, 5.74) is 1.79. The van der Waals surface area contributed by atoms with Crippen molar-refractivity contribution in [3.63, 3.8) is 0 Å². The fourth-order valence-corrected chi connectivity index (χ4v) is 2.89. The normalized spacial score (nSPS) is 12.6. The van der Waals surface area contributed by atoms with Crippen molar-refractivity contribution in [1.29, 1.82) is 0 Å². The number of amides is 1. The molecule has 0 saturated heterocycles. The quantitative estimate of drug-likeness (QED) is 0.647. The maximum atomic E-state index is 12.9. The maximum absolute atomic E-state index is 12.9. The molecule has 0 fully saturated rings. The summed E-state index contributed by atoms with van der Waals surface area (Å²) in [6, 6.07) is 12.3. The van der Waals surface area contributed by atoms with Gasteiger partial charge in [0.15, 0.2) is 0 Å². The second-order valence-electron chi connectivity index (χ2n) is 5.94. The lowest BCUT2D eigenvalue weighted by Gasteiger charge is -2.14. The molecule has 0 bridgehead atoms. The van der Waals surface area contributed by atoms with Crippen LogP contribution in [-0.4, -0.2) is 27.4 Å². The van der Waals surface area contributed by atoms with Gasteiger partial charge in [-0.05, 0) is 48.7 Å². The van der Waals surface area contributed by atoms with Crippen LogP contribution in [0.1, 0.15) is 24.1 Å². The molecule has 140 valence electrons. The molecule has 1 atom stereocenters. The lowest BCUT2D eigenvalue weighted by Crippen LogP contribution is -2.36. The summed E-state index contributed by atoms with van der Waals surface area (Å²) >= 11 is 0. The van der Waals surface area contributed by atoms with Crippen LogP contribution in [0.4, 0.5) is 4.39 Å². The number of halogens is 1. The Hall–Kier alpha value is -2.29. The molecule has 1 amide bonds. The van der Waals surface area contributed by atoms with Crippen molar-refractivity contribution in [3.05, 3.63) is 65.5 Å². The van der Waals surface area contributed by atoms with Gasteiger partial charge in [0, 0.05) is 12.6 Å². The molecule has 0 aromatic heterocycles. The summed E-state index contributed by atoms with van der Waals surface area (Å²) in [6.07, 6.45) is 0.574. The van der Waals surface area contributed by atoms with Crippen molar-refractivity contribution in [2.24, 2.45) is 5.14 Å². The Labute approximate surface area is 152 Å². The summed E-state index contributed by atoms with van der Waals surface area (Å²) in [4.78, 5) is 11.9. The molecule has 0 radical (unpaired) electrons. The highest BCUT2D eigenvalue weighted by molar-refractivity contribution is 7.89. The van der Waals surface area contributed by atoms with E-state index in [1.54, 1.807) is 24.3 Å². The predicted molar refractivity (Wildman–Crippen MR) is 97.3 cm³/mol. The van der Waals surface area contributed by atoms with Crippen LogP contribution < -0.4 is 15.8 Å². The summed E-state index contributed by atoms with van der Waals surface area (Å²) < 4.78 is 35.3. The number of nitrogens with two attached hydrogens (primary N) is 1. The van der Waals surface area contributed by atoms with E-state index < -0.39 is 10.0 Å². The molecule has 2 aromatic rings. The SMILES string of the molecule is C[C@H](NCC(=O)NCCc1ccc(S(N)(=O)=O)cc1)c1ccc(F)cc1. The van der Waals surface area contributed by atoms with Gasteiger partial charge in [0.2, 0.25) is 15.9 Å². The van der Waals surface area contributed by atoms with E-state index >= 15 is 0 Å². The lowest BCUT2D eigenvalue weighted by atomic mass is 10.1. The highest BCUT2D eigenvalue weighted by Gasteiger charge is 2.09. The number of nitrogens with one attached hydrogen (secondary N) is 2. The average molecular weight is 379 g/mol. The van der Waals surface area contributed by atoms with Gasteiger partial charge in [-0.3, -0.25) is 4.79 Å². The molecule has 0 aliphatic carbocycles. The first-order chi connectivity index (χ1) is 12.3. The van der Waals surface area contributed by atoms with Crippen LogP contribution >= 0.6 is 0 Å². The van der Waals surface area contributed by atoms with Crippen LogP contribution in [0.25, 0.3) is 0 Å². The molecule has 0 spiro atoms. The Balaban J connectivity index is 1.72. The van der Waals surface area contributed by atoms with Gasteiger partial charge in [-0.15, -0.1) is 0 Å². The number of rotatable bonds is 8. The van der Waals surface area contributed by atoms with E-state index in [4.69, 9.17) is 5.14 Å². The summed E-state index contributed by atoms with van der Waals surface area (Å²) in [7, 11) is -3.69. The first kappa shape index (κ1) is 20.0. The minimum atomic E-state index is -3.69. The number of carbonyl (C=O) groups excluding carboxylic acids is 1. The molecule has 0 aliphatic heterocycles. The third kappa shape index (κ3) is 6.21. The first-order valence-corrected chi connectivity index (χ1v) is 9.67. The molecule has 0 heterocycles. The molecular formula is C18H22FN3O3S. The van der Waals surface area contributed by atoms with Gasteiger partial charge in [-0.25, -0.2) is 17.9 Å². The molecule has 2 aromatic carbocycles. The number of sulfonamides is 1. The first-order valence-electron chi connectivity index (χ1n) is 8.13. The Morgan fingerprint density at radius 2 is 1.73 bits per heavy atom. The zero-order chi connectivity index (χ0) is 19.2. The highest BCUT2D eigenvalue weighted by Crippen LogP contribution is 2.12. The minimum absolute atomic E-state index is 0.0595. The molecule has 8 heteroatoms. The van der Waals surface area contributed by atoms with E-state index in [-0.39, 0.29) is 29.2 Å². The highest BCUT2D eigenvalue weighted by atomic mass is 32.2. The van der Waals surface area contributed by atoms with Crippen molar-refractivity contribution >= 4 is 15.9 Å². The van der Waals surface area contributed by atoms with Crippen molar-refractivity contribution in [2.45, 2.75) is 24.3 Å². The van der Waals surface area contributed by atoms with E-state index in [2.05, 4.69) is 10.6 Å². The fourth-order valence-electron chi connectivity index (χ4n) is 2.37. The Morgan fingerprint density at radius 1 is 1.12 bits per heavy atom. The minimum Gasteiger partial charge on any atom is -0.355 e. The second-order valence-corrected chi connectivity index (χ2v) is 7.50. The van der Waals surface area contributed by atoms with Gasteiger partial charge in [-0.1, -0.05) is 24.3 Å². The van der Waals surface area contributed by atoms with E-state index in [1.807, 2.05) is 6.92 Å². The van der Waals surface area contributed by atoms with Crippen molar-refractivity contribution in [1.82, 2.24) is 10.6 Å². The fraction of sp³-hybridized carbons (Fsp3) is 0.278. The third-order valence-corrected chi connectivity index (χ3v) is 4.86. The molecule has 6 nitrogen and oxygen atoms in total. The van der Waals surface area contributed by atoms with Crippen LogP contribution in [-0.2, 0) is 21.2 Å². The average Bonchev–Trinajstić information content (AvgIpc) is 2.60. The van der Waals surface area contributed by atoms with Gasteiger partial charge >= 0.3 is 0 Å². The molecule has 2 rings (SSSR count). The Kier molecular flexibility index (Phi) is 6.84. The van der Waals surface area contributed by atoms with Crippen LogP contribution in [0, 0.1) is 5.82 Å². The number of benzene rings is 2. The molecule has 4 N–H and O–H groups in total. The van der Waals surface area contributed by atoms with Gasteiger partial charge < -0.3 is 10.6 Å². The molecule has 0 saturated carbocycles. The number of hydrogen-bond donors (Lipinski definition) is 3. The van der Waals surface area contributed by atoms with Gasteiger partial charge in [-0.2, -0.15) is 0 Å². The van der Waals surface area contributed by atoms with E-state index in [9.17, 15) is 17.6 Å². The van der Waals surface area contributed by atoms with Crippen molar-refractivity contribution < 1.29 is 17.6 Å². The van der Waals surface area contributed by atoms with Crippen molar-refractivity contribution in [3.8, 4) is 0 Å². The second kappa shape index (κ2) is 8.88. The molecular weight excluding hydrogens is 357 g/mol. The molecule has 0 unspecified atom stereocenters. The zero-order valence-corrected chi connectivity index (χ0v) is 15.2. The largest absolute Gasteiger partial charge is 0.355 e. The molecule has 26 heavy (non-hydrogen) atoms. The summed E-state index contributed by atoms with van der Waals surface area (Å²) in [5.74, 6) is -0.448. The van der Waals surface area contributed by atoms with Crippen LogP contribution in [0.3, 0.4) is 0 Å². The van der Waals surface area contributed by atoms with Crippen LogP contribution in [0.5, 0.6) is 0 Å². The third-order valence-electron chi connectivity index (χ3n) is 3.93. The van der Waals surface area contributed by atoms with Crippen molar-refractivity contribution in [2.75, 3.05) is 13.1 Å². The smallest absolute Gasteiger partial charge is 0.238 e. The van der Waals surface area contributed by atoms with Crippen LogP contribution in [0.2, 0.25) is 0 Å². The van der Waals surface area contributed by atoms with E-state index in [0.29, 0.717) is 13.0 Å². The topological polar surface area (TPSA) is 101 Å². The number of carbonyl (C=O) groups is 1. The van der Waals surface area contributed by atoms with E-state index in [0.717, 1.165) is 11.1 Å². The predicted octanol–water partition coefficient (Wildman–Crippen LogP) is 1.48. The van der Waals surface area contributed by atoms with Crippen LogP contribution in [0.15, 0.2) is 53.4 Å². The van der Waals surface area contributed by atoms with Gasteiger partial charge in [0.05, 0.1) is 11.4 Å². The van der Waals surface area contributed by atoms with Gasteiger partial charge in [0.1, 0.15) is 5.82 Å². The number of primary sulfonamides is 1. The zero-order valence-electron chi connectivity index (χ0n) is 14.4. The number of hydrogen-bond acceptors (Lipinski definition) is 4. The maximum Gasteiger partial charge on any atom is 0.238 e. The summed E-state index contributed by atoms with van der Waals surface area (Å²) in [6.45, 7) is 2.47. The lowest BCUT2D eigenvalue weighted by molar-refractivity contribution is -0.120.